The lowest BCUT2D eigenvalue weighted by molar-refractivity contribution is -0.116. The van der Waals surface area contributed by atoms with Crippen molar-refractivity contribution in [3.05, 3.63) is 48.6 Å². The Bertz CT molecular complexity index is 586. The summed E-state index contributed by atoms with van der Waals surface area (Å²) in [5.74, 6) is -0.0763. The van der Waals surface area contributed by atoms with Crippen molar-refractivity contribution in [2.75, 3.05) is 20.6 Å². The second-order valence-corrected chi connectivity index (χ2v) is 4.65. The standard InChI is InChI=1S/C14H18N4O/c1-17(2)7-3-4-14(19)16-8-12-5-6-13-9-15-11-18(13)10-12/h3-6,9-11H,7-8H2,1-2H3,(H,16,19)/b4-3+. The summed E-state index contributed by atoms with van der Waals surface area (Å²) < 4.78 is 1.93. The fourth-order valence-corrected chi connectivity index (χ4v) is 1.69. The fraction of sp³-hybridized carbons (Fsp3) is 0.286. The van der Waals surface area contributed by atoms with Crippen LogP contribution in [0.2, 0.25) is 0 Å². The number of amides is 1. The Morgan fingerprint density at radius 3 is 3.11 bits per heavy atom. The van der Waals surface area contributed by atoms with Crippen LogP contribution in [0.15, 0.2) is 43.0 Å². The van der Waals surface area contributed by atoms with Crippen molar-refractivity contribution in [2.24, 2.45) is 0 Å². The zero-order chi connectivity index (χ0) is 13.7. The van der Waals surface area contributed by atoms with E-state index in [1.807, 2.05) is 47.8 Å². The van der Waals surface area contributed by atoms with Crippen molar-refractivity contribution in [1.29, 1.82) is 0 Å². The molecule has 0 spiro atoms. The van der Waals surface area contributed by atoms with Crippen molar-refractivity contribution >= 4 is 11.4 Å². The minimum atomic E-state index is -0.0763. The van der Waals surface area contributed by atoms with Crippen LogP contribution < -0.4 is 5.32 Å². The molecule has 1 N–H and O–H groups in total. The number of fused-ring (bicyclic) bond motifs is 1. The summed E-state index contributed by atoms with van der Waals surface area (Å²) in [5, 5.41) is 2.85. The predicted octanol–water partition coefficient (Wildman–Crippen LogP) is 1.07. The van der Waals surface area contributed by atoms with Gasteiger partial charge in [0.25, 0.3) is 0 Å². The molecular formula is C14H18N4O. The molecule has 0 saturated heterocycles. The van der Waals surface area contributed by atoms with Gasteiger partial charge in [-0.1, -0.05) is 12.1 Å². The summed E-state index contributed by atoms with van der Waals surface area (Å²) >= 11 is 0. The average Bonchev–Trinajstić information content (AvgIpc) is 2.83. The van der Waals surface area contributed by atoms with E-state index in [9.17, 15) is 4.79 Å². The minimum Gasteiger partial charge on any atom is -0.348 e. The van der Waals surface area contributed by atoms with E-state index < -0.39 is 0 Å². The van der Waals surface area contributed by atoms with Crippen LogP contribution in [0.5, 0.6) is 0 Å². The Kier molecular flexibility index (Phi) is 4.30. The Morgan fingerprint density at radius 1 is 1.47 bits per heavy atom. The van der Waals surface area contributed by atoms with Crippen molar-refractivity contribution in [3.8, 4) is 0 Å². The number of imidazole rings is 1. The normalized spacial score (nSPS) is 11.5. The van der Waals surface area contributed by atoms with Gasteiger partial charge < -0.3 is 14.6 Å². The van der Waals surface area contributed by atoms with Gasteiger partial charge in [-0.05, 0) is 25.7 Å². The van der Waals surface area contributed by atoms with Gasteiger partial charge in [0.2, 0.25) is 5.91 Å². The van der Waals surface area contributed by atoms with Gasteiger partial charge in [0, 0.05) is 25.4 Å². The molecule has 0 aliphatic rings. The van der Waals surface area contributed by atoms with Crippen LogP contribution in [0.1, 0.15) is 5.56 Å². The van der Waals surface area contributed by atoms with Crippen molar-refractivity contribution in [1.82, 2.24) is 19.6 Å². The van der Waals surface area contributed by atoms with Crippen LogP contribution >= 0.6 is 0 Å². The van der Waals surface area contributed by atoms with Gasteiger partial charge in [0.15, 0.2) is 0 Å². The molecule has 0 bridgehead atoms. The monoisotopic (exact) mass is 258 g/mol. The Hall–Kier alpha value is -2.14. The number of rotatable bonds is 5. The first-order valence-electron chi connectivity index (χ1n) is 6.15. The van der Waals surface area contributed by atoms with Crippen LogP contribution in [-0.4, -0.2) is 40.8 Å². The smallest absolute Gasteiger partial charge is 0.243 e. The summed E-state index contributed by atoms with van der Waals surface area (Å²) in [6.07, 6.45) is 8.92. The summed E-state index contributed by atoms with van der Waals surface area (Å²) in [6, 6.07) is 3.97. The molecule has 0 fully saturated rings. The molecule has 19 heavy (non-hydrogen) atoms. The first kappa shape index (κ1) is 13.3. The van der Waals surface area contributed by atoms with Gasteiger partial charge in [-0.3, -0.25) is 4.79 Å². The molecule has 1 amide bonds. The zero-order valence-electron chi connectivity index (χ0n) is 11.2. The summed E-state index contributed by atoms with van der Waals surface area (Å²) in [5.41, 5.74) is 2.08. The third kappa shape index (κ3) is 3.93. The molecule has 5 nitrogen and oxygen atoms in total. The van der Waals surface area contributed by atoms with Gasteiger partial charge >= 0.3 is 0 Å². The van der Waals surface area contributed by atoms with Crippen molar-refractivity contribution in [2.45, 2.75) is 6.54 Å². The molecule has 100 valence electrons. The topological polar surface area (TPSA) is 49.6 Å². The third-order valence-electron chi connectivity index (χ3n) is 2.68. The van der Waals surface area contributed by atoms with Gasteiger partial charge in [-0.2, -0.15) is 0 Å². The SMILES string of the molecule is CN(C)C/C=C/C(=O)NCc1ccc2cncn2c1. The highest BCUT2D eigenvalue weighted by Gasteiger charge is 1.99. The summed E-state index contributed by atoms with van der Waals surface area (Å²) in [7, 11) is 3.92. The molecule has 0 saturated carbocycles. The third-order valence-corrected chi connectivity index (χ3v) is 2.68. The van der Waals surface area contributed by atoms with E-state index in [2.05, 4.69) is 10.3 Å². The van der Waals surface area contributed by atoms with E-state index in [4.69, 9.17) is 0 Å². The summed E-state index contributed by atoms with van der Waals surface area (Å²) in [4.78, 5) is 17.6. The molecule has 0 aromatic carbocycles. The van der Waals surface area contributed by atoms with Gasteiger partial charge in [-0.25, -0.2) is 4.98 Å². The van der Waals surface area contributed by atoms with Crippen LogP contribution in [0, 0.1) is 0 Å². The highest BCUT2D eigenvalue weighted by Crippen LogP contribution is 2.05. The largest absolute Gasteiger partial charge is 0.348 e. The molecule has 0 unspecified atom stereocenters. The number of likely N-dealkylation sites (N-methyl/N-ethyl adjacent to an activating group) is 1. The van der Waals surface area contributed by atoms with E-state index in [1.165, 1.54) is 0 Å². The van der Waals surface area contributed by atoms with E-state index in [0.717, 1.165) is 17.6 Å². The molecule has 0 aliphatic heterocycles. The number of carbonyl (C=O) groups excluding carboxylic acids is 1. The van der Waals surface area contributed by atoms with Gasteiger partial charge in [0.1, 0.15) is 0 Å². The fourth-order valence-electron chi connectivity index (χ4n) is 1.69. The molecule has 5 heteroatoms. The Balaban J connectivity index is 1.87. The number of pyridine rings is 1. The average molecular weight is 258 g/mol. The number of aromatic nitrogens is 2. The van der Waals surface area contributed by atoms with E-state index >= 15 is 0 Å². The highest BCUT2D eigenvalue weighted by molar-refractivity contribution is 5.87. The Morgan fingerprint density at radius 2 is 2.32 bits per heavy atom. The zero-order valence-corrected chi connectivity index (χ0v) is 11.2. The second-order valence-electron chi connectivity index (χ2n) is 4.65. The predicted molar refractivity (Wildman–Crippen MR) is 74.7 cm³/mol. The van der Waals surface area contributed by atoms with Crippen LogP contribution in [0.3, 0.4) is 0 Å². The van der Waals surface area contributed by atoms with E-state index in [0.29, 0.717) is 6.54 Å². The highest BCUT2D eigenvalue weighted by atomic mass is 16.1. The van der Waals surface area contributed by atoms with Crippen LogP contribution in [0.25, 0.3) is 5.52 Å². The molecule has 2 rings (SSSR count). The molecule has 2 heterocycles. The van der Waals surface area contributed by atoms with Gasteiger partial charge in [0.05, 0.1) is 18.0 Å². The lowest BCUT2D eigenvalue weighted by atomic mass is 10.2. The van der Waals surface area contributed by atoms with Crippen molar-refractivity contribution < 1.29 is 4.79 Å². The second kappa shape index (κ2) is 6.15. The molecule has 0 radical (unpaired) electrons. The summed E-state index contributed by atoms with van der Waals surface area (Å²) in [6.45, 7) is 1.27. The number of hydrogen-bond acceptors (Lipinski definition) is 3. The first-order chi connectivity index (χ1) is 9.15. The molecule has 0 atom stereocenters. The quantitative estimate of drug-likeness (QED) is 0.816. The minimum absolute atomic E-state index is 0.0763. The molecule has 0 aliphatic carbocycles. The Labute approximate surface area is 112 Å². The van der Waals surface area contributed by atoms with Crippen LogP contribution in [-0.2, 0) is 11.3 Å². The number of nitrogens with zero attached hydrogens (tertiary/aromatic N) is 3. The first-order valence-corrected chi connectivity index (χ1v) is 6.15. The number of nitrogens with one attached hydrogen (secondary N) is 1. The number of hydrogen-bond donors (Lipinski definition) is 1. The maximum absolute atomic E-state index is 11.6. The van der Waals surface area contributed by atoms with Crippen LogP contribution in [0.4, 0.5) is 0 Å². The lowest BCUT2D eigenvalue weighted by Gasteiger charge is -2.05. The van der Waals surface area contributed by atoms with E-state index in [-0.39, 0.29) is 5.91 Å². The lowest BCUT2D eigenvalue weighted by Crippen LogP contribution is -2.21. The maximum atomic E-state index is 11.6. The molecular weight excluding hydrogens is 240 g/mol. The maximum Gasteiger partial charge on any atom is 0.243 e. The van der Waals surface area contributed by atoms with Crippen molar-refractivity contribution in [3.63, 3.8) is 0 Å². The molecule has 2 aromatic rings. The molecule has 2 aromatic heterocycles. The number of carbonyl (C=O) groups is 1. The van der Waals surface area contributed by atoms with E-state index in [1.54, 1.807) is 18.6 Å². The van der Waals surface area contributed by atoms with Gasteiger partial charge in [-0.15, -0.1) is 0 Å².